The lowest BCUT2D eigenvalue weighted by Crippen LogP contribution is -1.89. The van der Waals surface area contributed by atoms with Gasteiger partial charge in [-0.1, -0.05) is 23.5 Å². The Hall–Kier alpha value is -1.88. The molecule has 0 saturated heterocycles. The second-order valence-corrected chi connectivity index (χ2v) is 4.09. The number of nitrogen functional groups attached to an aromatic ring is 1. The van der Waals surface area contributed by atoms with Crippen LogP contribution in [0.4, 0.5) is 10.1 Å². The highest BCUT2D eigenvalue weighted by Crippen LogP contribution is 2.38. The maximum atomic E-state index is 12.7. The van der Waals surface area contributed by atoms with Crippen LogP contribution in [-0.4, -0.2) is 6.47 Å². The molecule has 2 aromatic rings. The topological polar surface area (TPSA) is 52.3 Å². The molecule has 1 aromatic carbocycles. The van der Waals surface area contributed by atoms with Crippen LogP contribution in [-0.2, 0) is 4.79 Å². The van der Waals surface area contributed by atoms with Gasteiger partial charge < -0.3 is 10.5 Å². The standard InChI is InChI=1S/C11H8FNO2S/c12-8-3-1-7(2-4-8)10-5-9(13)11(16-10)15-6-14/h1-6H,13H2. The summed E-state index contributed by atoms with van der Waals surface area (Å²) < 4.78 is 17.4. The molecule has 0 unspecified atom stereocenters. The normalized spacial score (nSPS) is 10.1. The molecule has 0 fully saturated rings. The van der Waals surface area contributed by atoms with E-state index in [9.17, 15) is 9.18 Å². The molecule has 1 aromatic heterocycles. The molecule has 0 radical (unpaired) electrons. The number of ether oxygens (including phenoxy) is 1. The van der Waals surface area contributed by atoms with Gasteiger partial charge in [0.2, 0.25) is 5.06 Å². The quantitative estimate of drug-likeness (QED) is 0.835. The van der Waals surface area contributed by atoms with Crippen LogP contribution in [0, 0.1) is 5.82 Å². The van der Waals surface area contributed by atoms with Crippen molar-refractivity contribution < 1.29 is 13.9 Å². The monoisotopic (exact) mass is 237 g/mol. The third-order valence-corrected chi connectivity index (χ3v) is 3.10. The molecule has 0 atom stereocenters. The number of anilines is 1. The maximum absolute atomic E-state index is 12.7. The molecule has 0 saturated carbocycles. The van der Waals surface area contributed by atoms with E-state index in [4.69, 9.17) is 10.5 Å². The van der Waals surface area contributed by atoms with Crippen molar-refractivity contribution in [3.8, 4) is 15.5 Å². The van der Waals surface area contributed by atoms with Gasteiger partial charge >= 0.3 is 0 Å². The molecule has 0 aliphatic carbocycles. The van der Waals surface area contributed by atoms with Crippen LogP contribution in [0.1, 0.15) is 0 Å². The number of carbonyl (C=O) groups is 1. The van der Waals surface area contributed by atoms with Crippen LogP contribution in [0.15, 0.2) is 30.3 Å². The minimum absolute atomic E-state index is 0.294. The zero-order valence-corrected chi connectivity index (χ0v) is 8.96. The van der Waals surface area contributed by atoms with Crippen molar-refractivity contribution >= 4 is 23.5 Å². The molecule has 0 bridgehead atoms. The molecule has 0 spiro atoms. The Balaban J connectivity index is 2.37. The lowest BCUT2D eigenvalue weighted by Gasteiger charge is -1.95. The van der Waals surface area contributed by atoms with Crippen molar-refractivity contribution in [3.05, 3.63) is 36.1 Å². The summed E-state index contributed by atoms with van der Waals surface area (Å²) in [7, 11) is 0. The summed E-state index contributed by atoms with van der Waals surface area (Å²) in [5, 5.41) is 0.356. The van der Waals surface area contributed by atoms with E-state index >= 15 is 0 Å². The predicted octanol–water partition coefficient (Wildman–Crippen LogP) is 2.67. The Morgan fingerprint density at radius 1 is 1.31 bits per heavy atom. The summed E-state index contributed by atoms with van der Waals surface area (Å²) in [6, 6.07) is 7.71. The number of thiophene rings is 1. The van der Waals surface area contributed by atoms with Gasteiger partial charge in [0.1, 0.15) is 5.82 Å². The zero-order valence-electron chi connectivity index (χ0n) is 8.14. The average molecular weight is 237 g/mol. The lowest BCUT2D eigenvalue weighted by molar-refractivity contribution is -0.120. The molecule has 5 heteroatoms. The number of nitrogens with two attached hydrogens (primary N) is 1. The Morgan fingerprint density at radius 3 is 2.62 bits per heavy atom. The molecule has 16 heavy (non-hydrogen) atoms. The van der Waals surface area contributed by atoms with Crippen molar-refractivity contribution in [2.45, 2.75) is 0 Å². The number of hydrogen-bond acceptors (Lipinski definition) is 4. The highest BCUT2D eigenvalue weighted by Gasteiger charge is 2.09. The highest BCUT2D eigenvalue weighted by molar-refractivity contribution is 7.18. The van der Waals surface area contributed by atoms with Crippen LogP contribution >= 0.6 is 11.3 Å². The SMILES string of the molecule is Nc1cc(-c2ccc(F)cc2)sc1OC=O. The fourth-order valence-corrected chi connectivity index (χ4v) is 2.18. The van der Waals surface area contributed by atoms with E-state index in [0.29, 0.717) is 17.2 Å². The smallest absolute Gasteiger partial charge is 0.299 e. The molecular formula is C11H8FNO2S. The summed E-state index contributed by atoms with van der Waals surface area (Å²) in [6.07, 6.45) is 0. The minimum atomic E-state index is -0.294. The molecule has 0 aliphatic rings. The first kappa shape index (κ1) is 10.6. The molecule has 0 aliphatic heterocycles. The van der Waals surface area contributed by atoms with Crippen LogP contribution in [0.2, 0.25) is 0 Å². The molecule has 3 nitrogen and oxygen atoms in total. The van der Waals surface area contributed by atoms with Gasteiger partial charge in [-0.2, -0.15) is 0 Å². The Morgan fingerprint density at radius 2 is 2.00 bits per heavy atom. The van der Waals surface area contributed by atoms with Crippen molar-refractivity contribution in [2.75, 3.05) is 5.73 Å². The first-order valence-electron chi connectivity index (χ1n) is 4.46. The van der Waals surface area contributed by atoms with Crippen LogP contribution in [0.3, 0.4) is 0 Å². The lowest BCUT2D eigenvalue weighted by atomic mass is 10.2. The molecule has 82 valence electrons. The van der Waals surface area contributed by atoms with Crippen molar-refractivity contribution in [3.63, 3.8) is 0 Å². The Kier molecular flexibility index (Phi) is 2.87. The van der Waals surface area contributed by atoms with E-state index in [1.54, 1.807) is 18.2 Å². The fourth-order valence-electron chi connectivity index (χ4n) is 1.28. The van der Waals surface area contributed by atoms with Crippen LogP contribution in [0.5, 0.6) is 5.06 Å². The summed E-state index contributed by atoms with van der Waals surface area (Å²) >= 11 is 1.24. The van der Waals surface area contributed by atoms with E-state index in [1.807, 2.05) is 0 Å². The largest absolute Gasteiger partial charge is 0.415 e. The van der Waals surface area contributed by atoms with Crippen molar-refractivity contribution in [1.82, 2.24) is 0 Å². The molecule has 1 heterocycles. The second kappa shape index (κ2) is 4.32. The van der Waals surface area contributed by atoms with E-state index in [2.05, 4.69) is 0 Å². The van der Waals surface area contributed by atoms with E-state index in [0.717, 1.165) is 10.4 Å². The van der Waals surface area contributed by atoms with Gasteiger partial charge in [-0.3, -0.25) is 4.79 Å². The van der Waals surface area contributed by atoms with Gasteiger partial charge in [0.15, 0.2) is 0 Å². The zero-order chi connectivity index (χ0) is 11.5. The van der Waals surface area contributed by atoms with Gasteiger partial charge in [-0.05, 0) is 23.8 Å². The number of benzene rings is 1. The average Bonchev–Trinajstić information content (AvgIpc) is 2.62. The number of hydrogen-bond donors (Lipinski definition) is 1. The summed E-state index contributed by atoms with van der Waals surface area (Å²) in [4.78, 5) is 11.0. The van der Waals surface area contributed by atoms with Gasteiger partial charge in [0.05, 0.1) is 5.69 Å². The van der Waals surface area contributed by atoms with Crippen molar-refractivity contribution in [2.24, 2.45) is 0 Å². The molecule has 2 rings (SSSR count). The summed E-state index contributed by atoms with van der Waals surface area (Å²) in [5.74, 6) is -0.294. The Bertz CT molecular complexity index is 507. The highest BCUT2D eigenvalue weighted by atomic mass is 32.1. The summed E-state index contributed by atoms with van der Waals surface area (Å²) in [6.45, 7) is 0.330. The third-order valence-electron chi connectivity index (χ3n) is 2.01. The number of carbonyl (C=O) groups excluding carboxylic acids is 1. The van der Waals surface area contributed by atoms with Gasteiger partial charge in [-0.15, -0.1) is 0 Å². The van der Waals surface area contributed by atoms with Crippen LogP contribution in [0.25, 0.3) is 10.4 Å². The third kappa shape index (κ3) is 2.04. The maximum Gasteiger partial charge on any atom is 0.299 e. The second-order valence-electron chi connectivity index (χ2n) is 3.07. The first-order chi connectivity index (χ1) is 7.70. The minimum Gasteiger partial charge on any atom is -0.415 e. The first-order valence-corrected chi connectivity index (χ1v) is 5.28. The van der Waals surface area contributed by atoms with Gasteiger partial charge in [0.25, 0.3) is 6.47 Å². The van der Waals surface area contributed by atoms with Crippen molar-refractivity contribution in [1.29, 1.82) is 0 Å². The fraction of sp³-hybridized carbons (Fsp3) is 0. The molecule has 2 N–H and O–H groups in total. The molecular weight excluding hydrogens is 229 g/mol. The van der Waals surface area contributed by atoms with E-state index in [1.165, 1.54) is 23.5 Å². The Labute approximate surface area is 95.3 Å². The number of rotatable bonds is 3. The number of halogens is 1. The van der Waals surface area contributed by atoms with E-state index in [-0.39, 0.29) is 5.82 Å². The van der Waals surface area contributed by atoms with Gasteiger partial charge in [0, 0.05) is 4.88 Å². The molecule has 0 amide bonds. The summed E-state index contributed by atoms with van der Waals surface area (Å²) in [5.41, 5.74) is 6.88. The van der Waals surface area contributed by atoms with Gasteiger partial charge in [-0.25, -0.2) is 4.39 Å². The van der Waals surface area contributed by atoms with E-state index < -0.39 is 0 Å². The van der Waals surface area contributed by atoms with Crippen LogP contribution < -0.4 is 10.5 Å². The predicted molar refractivity (Wildman–Crippen MR) is 60.8 cm³/mol.